The van der Waals surface area contributed by atoms with E-state index in [4.69, 9.17) is 4.74 Å². The number of thioether (sulfide) groups is 1. The molecule has 0 spiro atoms. The van der Waals surface area contributed by atoms with Crippen LogP contribution < -0.4 is 0 Å². The smallest absolute Gasteiger partial charge is 0.0557 e. The highest BCUT2D eigenvalue weighted by atomic mass is 32.2. The summed E-state index contributed by atoms with van der Waals surface area (Å²) in [5, 5.41) is 0. The zero-order chi connectivity index (χ0) is 10.9. The second-order valence-corrected chi connectivity index (χ2v) is 4.87. The summed E-state index contributed by atoms with van der Waals surface area (Å²) < 4.78 is 5.35. The lowest BCUT2D eigenvalue weighted by atomic mass is 10.1. The molecule has 0 saturated carbocycles. The third-order valence-electron chi connectivity index (χ3n) is 2.13. The second kappa shape index (κ2) is 8.08. The average molecular weight is 242 g/mol. The van der Waals surface area contributed by atoms with E-state index in [-0.39, 0.29) is 0 Å². The molecule has 0 aliphatic rings. The lowest BCUT2D eigenvalue weighted by molar-refractivity contribution is 0.167. The Hall–Kier alpha value is -0.120. The zero-order valence-electron chi connectivity index (χ0n) is 9.11. The Morgan fingerprint density at radius 3 is 2.80 bits per heavy atom. The summed E-state index contributed by atoms with van der Waals surface area (Å²) in [6, 6.07) is 8.53. The summed E-state index contributed by atoms with van der Waals surface area (Å²) in [4.78, 5) is 0. The van der Waals surface area contributed by atoms with Crippen molar-refractivity contribution < 1.29 is 4.74 Å². The summed E-state index contributed by atoms with van der Waals surface area (Å²) in [6.45, 7) is 3.75. The van der Waals surface area contributed by atoms with Crippen LogP contribution >= 0.6 is 24.4 Å². The molecular formula is C12H18OS2. The molecule has 0 saturated heterocycles. The minimum absolute atomic E-state index is 0.758. The molecule has 0 heterocycles. The van der Waals surface area contributed by atoms with Gasteiger partial charge in [-0.2, -0.15) is 24.4 Å². The van der Waals surface area contributed by atoms with Gasteiger partial charge in [0.15, 0.2) is 0 Å². The normalized spacial score (nSPS) is 10.5. The Kier molecular flexibility index (Phi) is 6.98. The van der Waals surface area contributed by atoms with Crippen molar-refractivity contribution in [3.63, 3.8) is 0 Å². The standard InChI is InChI=1S/C12H18OS2/c1-11-4-2-3-5-12(11)10-15-9-7-13-6-8-14/h2-5,14H,6-10H2,1H3. The van der Waals surface area contributed by atoms with Gasteiger partial charge in [0.2, 0.25) is 0 Å². The molecule has 15 heavy (non-hydrogen) atoms. The van der Waals surface area contributed by atoms with Crippen molar-refractivity contribution in [2.45, 2.75) is 12.7 Å². The van der Waals surface area contributed by atoms with Crippen molar-refractivity contribution >= 4 is 24.4 Å². The highest BCUT2D eigenvalue weighted by Crippen LogP contribution is 2.15. The van der Waals surface area contributed by atoms with E-state index in [1.54, 1.807) is 0 Å². The summed E-state index contributed by atoms with van der Waals surface area (Å²) in [5.74, 6) is 2.95. The van der Waals surface area contributed by atoms with Gasteiger partial charge in [-0.15, -0.1) is 0 Å². The maximum atomic E-state index is 5.35. The van der Waals surface area contributed by atoms with E-state index in [2.05, 4.69) is 43.8 Å². The molecule has 1 rings (SSSR count). The number of ether oxygens (including phenoxy) is 1. The Labute approximate surface area is 102 Å². The highest BCUT2D eigenvalue weighted by molar-refractivity contribution is 7.98. The van der Waals surface area contributed by atoms with Crippen LogP contribution in [-0.4, -0.2) is 24.7 Å². The number of benzene rings is 1. The molecule has 1 aromatic rings. The molecule has 3 heteroatoms. The van der Waals surface area contributed by atoms with Crippen LogP contribution in [0.2, 0.25) is 0 Å². The Morgan fingerprint density at radius 2 is 2.07 bits per heavy atom. The molecule has 0 radical (unpaired) electrons. The quantitative estimate of drug-likeness (QED) is 0.581. The fraction of sp³-hybridized carbons (Fsp3) is 0.500. The van der Waals surface area contributed by atoms with E-state index >= 15 is 0 Å². The molecule has 84 valence electrons. The number of thiol groups is 1. The third-order valence-corrected chi connectivity index (χ3v) is 3.28. The van der Waals surface area contributed by atoms with Crippen LogP contribution in [0, 0.1) is 6.92 Å². The Balaban J connectivity index is 2.12. The molecule has 0 atom stereocenters. The van der Waals surface area contributed by atoms with Gasteiger partial charge < -0.3 is 4.74 Å². The third kappa shape index (κ3) is 5.50. The van der Waals surface area contributed by atoms with Gasteiger partial charge in [0.25, 0.3) is 0 Å². The molecule has 1 nitrogen and oxygen atoms in total. The lowest BCUT2D eigenvalue weighted by Gasteiger charge is -2.05. The first kappa shape index (κ1) is 12.9. The first-order chi connectivity index (χ1) is 7.34. The van der Waals surface area contributed by atoms with Crippen LogP contribution in [0.1, 0.15) is 11.1 Å². The molecule has 0 aromatic heterocycles. The van der Waals surface area contributed by atoms with Gasteiger partial charge in [0, 0.05) is 17.3 Å². The van der Waals surface area contributed by atoms with Crippen molar-refractivity contribution in [3.8, 4) is 0 Å². The predicted molar refractivity (Wildman–Crippen MR) is 72.0 cm³/mol. The zero-order valence-corrected chi connectivity index (χ0v) is 10.8. The largest absolute Gasteiger partial charge is 0.380 e. The van der Waals surface area contributed by atoms with Crippen molar-refractivity contribution in [2.75, 3.05) is 24.7 Å². The van der Waals surface area contributed by atoms with Crippen molar-refractivity contribution in [1.82, 2.24) is 0 Å². The SMILES string of the molecule is Cc1ccccc1CSCCOCCS. The van der Waals surface area contributed by atoms with E-state index in [0.29, 0.717) is 0 Å². The molecule has 0 fully saturated rings. The number of hydrogen-bond acceptors (Lipinski definition) is 3. The molecule has 0 bridgehead atoms. The van der Waals surface area contributed by atoms with E-state index < -0.39 is 0 Å². The molecule has 0 unspecified atom stereocenters. The first-order valence-electron chi connectivity index (χ1n) is 5.15. The maximum Gasteiger partial charge on any atom is 0.0557 e. The topological polar surface area (TPSA) is 9.23 Å². The fourth-order valence-corrected chi connectivity index (χ4v) is 2.29. The van der Waals surface area contributed by atoms with Crippen LogP contribution in [0.15, 0.2) is 24.3 Å². The minimum Gasteiger partial charge on any atom is -0.380 e. The number of rotatable bonds is 7. The van der Waals surface area contributed by atoms with E-state index in [0.717, 1.165) is 30.5 Å². The van der Waals surface area contributed by atoms with Gasteiger partial charge in [-0.25, -0.2) is 0 Å². The van der Waals surface area contributed by atoms with Crippen molar-refractivity contribution in [2.24, 2.45) is 0 Å². The number of aryl methyl sites for hydroxylation is 1. The van der Waals surface area contributed by atoms with E-state index in [1.165, 1.54) is 11.1 Å². The summed E-state index contributed by atoms with van der Waals surface area (Å²) in [5.41, 5.74) is 2.80. The first-order valence-corrected chi connectivity index (χ1v) is 6.94. The Morgan fingerprint density at radius 1 is 1.27 bits per heavy atom. The molecule has 0 amide bonds. The van der Waals surface area contributed by atoms with Crippen LogP contribution in [0.5, 0.6) is 0 Å². The van der Waals surface area contributed by atoms with Crippen LogP contribution in [0.3, 0.4) is 0 Å². The second-order valence-electron chi connectivity index (χ2n) is 3.32. The molecular weight excluding hydrogens is 224 g/mol. The summed E-state index contributed by atoms with van der Waals surface area (Å²) in [6.07, 6.45) is 0. The van der Waals surface area contributed by atoms with Gasteiger partial charge in [-0.3, -0.25) is 0 Å². The van der Waals surface area contributed by atoms with Crippen LogP contribution in [0.4, 0.5) is 0 Å². The van der Waals surface area contributed by atoms with Crippen LogP contribution in [0.25, 0.3) is 0 Å². The van der Waals surface area contributed by atoms with E-state index in [9.17, 15) is 0 Å². The number of hydrogen-bond donors (Lipinski definition) is 1. The molecule has 0 aliphatic carbocycles. The average Bonchev–Trinajstić information content (AvgIpc) is 2.25. The molecule has 0 aliphatic heterocycles. The highest BCUT2D eigenvalue weighted by Gasteiger charge is 1.96. The molecule has 1 aromatic carbocycles. The fourth-order valence-electron chi connectivity index (χ4n) is 1.24. The van der Waals surface area contributed by atoms with Gasteiger partial charge in [0.1, 0.15) is 0 Å². The lowest BCUT2D eigenvalue weighted by Crippen LogP contribution is -2.00. The molecule has 0 N–H and O–H groups in total. The summed E-state index contributed by atoms with van der Waals surface area (Å²) >= 11 is 6.01. The predicted octanol–water partition coefficient (Wildman–Crippen LogP) is 3.17. The minimum atomic E-state index is 0.758. The monoisotopic (exact) mass is 242 g/mol. The van der Waals surface area contributed by atoms with E-state index in [1.807, 2.05) is 11.8 Å². The van der Waals surface area contributed by atoms with Gasteiger partial charge in [0.05, 0.1) is 13.2 Å². The van der Waals surface area contributed by atoms with Crippen molar-refractivity contribution in [1.29, 1.82) is 0 Å². The van der Waals surface area contributed by atoms with Crippen molar-refractivity contribution in [3.05, 3.63) is 35.4 Å². The Bertz CT molecular complexity index is 276. The van der Waals surface area contributed by atoms with Gasteiger partial charge in [-0.05, 0) is 18.1 Å². The van der Waals surface area contributed by atoms with Gasteiger partial charge in [-0.1, -0.05) is 24.3 Å². The van der Waals surface area contributed by atoms with Crippen LogP contribution in [-0.2, 0) is 10.5 Å². The summed E-state index contributed by atoms with van der Waals surface area (Å²) in [7, 11) is 0. The maximum absolute atomic E-state index is 5.35. The van der Waals surface area contributed by atoms with Gasteiger partial charge >= 0.3 is 0 Å².